The Morgan fingerprint density at radius 3 is 2.96 bits per heavy atom. The quantitative estimate of drug-likeness (QED) is 0.886. The van der Waals surface area contributed by atoms with E-state index >= 15 is 0 Å². The zero-order chi connectivity index (χ0) is 17.2. The molecule has 1 aliphatic rings. The third-order valence-electron chi connectivity index (χ3n) is 4.39. The summed E-state index contributed by atoms with van der Waals surface area (Å²) < 4.78 is 1.72. The minimum Gasteiger partial charge on any atom is -0.386 e. The average molecular weight is 329 g/mol. The van der Waals surface area contributed by atoms with Crippen molar-refractivity contribution in [3.8, 4) is 0 Å². The summed E-state index contributed by atoms with van der Waals surface area (Å²) in [7, 11) is 1.72. The largest absolute Gasteiger partial charge is 0.386 e. The number of nitrogens with zero attached hydrogens (tertiary/aromatic N) is 5. The molecule has 1 N–H and O–H groups in total. The molecule has 0 spiro atoms. The number of carbonyl (C=O) groups excluding carboxylic acids is 1. The number of likely N-dealkylation sites (N-methyl/N-ethyl adjacent to an activating group) is 1. The molecule has 1 fully saturated rings. The normalized spacial score (nSPS) is 20.4. The fraction of sp³-hybridized carbons (Fsp3) is 0.471. The molecule has 0 radical (unpaired) electrons. The molecule has 3 rings (SSSR count). The lowest BCUT2D eigenvalue weighted by Gasteiger charge is -2.29. The fourth-order valence-corrected chi connectivity index (χ4v) is 3.10. The molecule has 1 aliphatic heterocycles. The number of rotatable bonds is 5. The molecule has 1 saturated heterocycles. The number of amides is 1. The van der Waals surface area contributed by atoms with E-state index in [-0.39, 0.29) is 12.5 Å². The van der Waals surface area contributed by atoms with Crippen LogP contribution in [0.2, 0.25) is 0 Å². The highest BCUT2D eigenvalue weighted by Gasteiger charge is 2.38. The van der Waals surface area contributed by atoms with Gasteiger partial charge in [-0.3, -0.25) is 9.48 Å². The predicted octanol–water partition coefficient (Wildman–Crippen LogP) is 1.01. The lowest BCUT2D eigenvalue weighted by atomic mass is 10.0. The number of aromatic nitrogens is 3. The highest BCUT2D eigenvalue weighted by Crippen LogP contribution is 2.26. The number of aliphatic hydroxyl groups is 1. The zero-order valence-corrected chi connectivity index (χ0v) is 14.1. The Labute approximate surface area is 141 Å². The van der Waals surface area contributed by atoms with Crippen LogP contribution in [0.3, 0.4) is 0 Å². The Morgan fingerprint density at radius 2 is 2.29 bits per heavy atom. The van der Waals surface area contributed by atoms with Gasteiger partial charge < -0.3 is 14.9 Å². The molecule has 7 heteroatoms. The topological polar surface area (TPSA) is 74.5 Å². The van der Waals surface area contributed by atoms with Gasteiger partial charge in [0.1, 0.15) is 11.4 Å². The van der Waals surface area contributed by atoms with Crippen molar-refractivity contribution in [2.24, 2.45) is 0 Å². The summed E-state index contributed by atoms with van der Waals surface area (Å²) in [5.74, 6) is 0.728. The van der Waals surface area contributed by atoms with Gasteiger partial charge in [-0.1, -0.05) is 6.07 Å². The average Bonchev–Trinajstić information content (AvgIpc) is 3.22. The van der Waals surface area contributed by atoms with Crippen LogP contribution in [0, 0.1) is 0 Å². The van der Waals surface area contributed by atoms with Crippen molar-refractivity contribution in [1.82, 2.24) is 19.7 Å². The molecule has 0 unspecified atom stereocenters. The maximum absolute atomic E-state index is 12.5. The van der Waals surface area contributed by atoms with Gasteiger partial charge in [0.05, 0.1) is 18.3 Å². The third-order valence-corrected chi connectivity index (χ3v) is 4.39. The first-order valence-corrected chi connectivity index (χ1v) is 8.17. The third kappa shape index (κ3) is 3.41. The van der Waals surface area contributed by atoms with E-state index in [0.717, 1.165) is 18.9 Å². The molecule has 1 amide bonds. The van der Waals surface area contributed by atoms with Crippen LogP contribution in [0.4, 0.5) is 5.82 Å². The number of pyridine rings is 1. The van der Waals surface area contributed by atoms with Gasteiger partial charge in [0.25, 0.3) is 5.91 Å². The number of carbonyl (C=O) groups is 1. The van der Waals surface area contributed by atoms with Crippen LogP contribution in [-0.4, -0.2) is 63.0 Å². The molecule has 7 nitrogen and oxygen atoms in total. The maximum atomic E-state index is 12.5. The van der Waals surface area contributed by atoms with Crippen molar-refractivity contribution in [3.05, 3.63) is 42.4 Å². The number of hydrogen-bond acceptors (Lipinski definition) is 5. The second-order valence-corrected chi connectivity index (χ2v) is 6.33. The Kier molecular flexibility index (Phi) is 4.53. The summed E-state index contributed by atoms with van der Waals surface area (Å²) in [5, 5.41) is 15.0. The van der Waals surface area contributed by atoms with Crippen molar-refractivity contribution in [3.63, 3.8) is 0 Å². The molecular weight excluding hydrogens is 306 g/mol. The van der Waals surface area contributed by atoms with Crippen molar-refractivity contribution >= 4 is 11.7 Å². The summed E-state index contributed by atoms with van der Waals surface area (Å²) in [4.78, 5) is 20.4. The first-order valence-electron chi connectivity index (χ1n) is 8.17. The van der Waals surface area contributed by atoms with E-state index in [2.05, 4.69) is 10.1 Å². The highest BCUT2D eigenvalue weighted by atomic mass is 16.3. The Morgan fingerprint density at radius 1 is 1.46 bits per heavy atom. The predicted molar refractivity (Wildman–Crippen MR) is 90.9 cm³/mol. The van der Waals surface area contributed by atoms with E-state index in [1.165, 1.54) is 0 Å². The van der Waals surface area contributed by atoms with E-state index in [9.17, 15) is 9.90 Å². The smallest absolute Gasteiger partial charge is 0.256 e. The van der Waals surface area contributed by atoms with Crippen LogP contribution in [0.1, 0.15) is 23.7 Å². The minimum atomic E-state index is -0.928. The van der Waals surface area contributed by atoms with Gasteiger partial charge in [-0.05, 0) is 25.5 Å². The van der Waals surface area contributed by atoms with E-state index in [4.69, 9.17) is 0 Å². The summed E-state index contributed by atoms with van der Waals surface area (Å²) in [6.07, 6.45) is 5.65. The van der Waals surface area contributed by atoms with Gasteiger partial charge in [-0.15, -0.1) is 0 Å². The van der Waals surface area contributed by atoms with Gasteiger partial charge in [0.15, 0.2) is 0 Å². The first kappa shape index (κ1) is 16.4. The maximum Gasteiger partial charge on any atom is 0.256 e. The standard InChI is InChI=1S/C17H23N5O2/c1-3-22-11-14(10-19-22)16(23)20(2)12-17(24)7-9-21(13-17)15-6-4-5-8-18-15/h4-6,8,10-11,24H,3,7,9,12-13H2,1-2H3/t17-/m0/s1. The Hall–Kier alpha value is -2.41. The van der Waals surface area contributed by atoms with E-state index in [1.807, 2.05) is 30.0 Å². The van der Waals surface area contributed by atoms with E-state index in [0.29, 0.717) is 18.5 Å². The molecule has 1 atom stereocenters. The number of anilines is 1. The van der Waals surface area contributed by atoms with Crippen LogP contribution in [0.5, 0.6) is 0 Å². The molecule has 2 aromatic rings. The first-order chi connectivity index (χ1) is 11.5. The SMILES string of the molecule is CCn1cc(C(=O)N(C)C[C@@]2(O)CCN(c3ccccn3)C2)cn1. The molecular formula is C17H23N5O2. The Balaban J connectivity index is 1.63. The second-order valence-electron chi connectivity index (χ2n) is 6.33. The fourth-order valence-electron chi connectivity index (χ4n) is 3.10. The Bertz CT molecular complexity index is 702. The molecule has 3 heterocycles. The van der Waals surface area contributed by atoms with Crippen molar-refractivity contribution in [1.29, 1.82) is 0 Å². The number of aryl methyl sites for hydroxylation is 1. The molecule has 2 aromatic heterocycles. The van der Waals surface area contributed by atoms with Crippen LogP contribution < -0.4 is 4.90 Å². The summed E-state index contributed by atoms with van der Waals surface area (Å²) in [6, 6.07) is 5.73. The molecule has 0 aliphatic carbocycles. The van der Waals surface area contributed by atoms with Crippen molar-refractivity contribution in [2.45, 2.75) is 25.5 Å². The van der Waals surface area contributed by atoms with E-state index < -0.39 is 5.60 Å². The highest BCUT2D eigenvalue weighted by molar-refractivity contribution is 5.93. The van der Waals surface area contributed by atoms with Crippen LogP contribution in [0.25, 0.3) is 0 Å². The summed E-state index contributed by atoms with van der Waals surface area (Å²) in [6.45, 7) is 4.17. The summed E-state index contributed by atoms with van der Waals surface area (Å²) >= 11 is 0. The monoisotopic (exact) mass is 329 g/mol. The van der Waals surface area contributed by atoms with E-state index in [1.54, 1.807) is 35.2 Å². The van der Waals surface area contributed by atoms with Gasteiger partial charge >= 0.3 is 0 Å². The molecule has 128 valence electrons. The van der Waals surface area contributed by atoms with Gasteiger partial charge in [0.2, 0.25) is 0 Å². The van der Waals surface area contributed by atoms with Gasteiger partial charge in [-0.2, -0.15) is 5.10 Å². The van der Waals surface area contributed by atoms with Crippen LogP contribution >= 0.6 is 0 Å². The molecule has 24 heavy (non-hydrogen) atoms. The lowest BCUT2D eigenvalue weighted by molar-refractivity contribution is 0.0264. The molecule has 0 aromatic carbocycles. The van der Waals surface area contributed by atoms with Crippen LogP contribution in [-0.2, 0) is 6.54 Å². The van der Waals surface area contributed by atoms with Gasteiger partial charge in [-0.25, -0.2) is 4.98 Å². The second kappa shape index (κ2) is 6.60. The number of β-amino-alcohol motifs (C(OH)–C–C–N with tert-alkyl or cyclic N) is 1. The molecule has 0 bridgehead atoms. The van der Waals surface area contributed by atoms with Gasteiger partial charge in [0, 0.05) is 39.1 Å². The number of hydrogen-bond donors (Lipinski definition) is 1. The van der Waals surface area contributed by atoms with Crippen LogP contribution in [0.15, 0.2) is 36.8 Å². The van der Waals surface area contributed by atoms with Crippen molar-refractivity contribution in [2.75, 3.05) is 31.6 Å². The van der Waals surface area contributed by atoms with Crippen molar-refractivity contribution < 1.29 is 9.90 Å². The lowest BCUT2D eigenvalue weighted by Crippen LogP contribution is -2.45. The zero-order valence-electron chi connectivity index (χ0n) is 14.1. The summed E-state index contributed by atoms with van der Waals surface area (Å²) in [5.41, 5.74) is -0.384. The minimum absolute atomic E-state index is 0.126. The molecule has 0 saturated carbocycles.